The van der Waals surface area contributed by atoms with Gasteiger partial charge in [-0.05, 0) is 67.1 Å². The highest BCUT2D eigenvalue weighted by Crippen LogP contribution is 2.23. The van der Waals surface area contributed by atoms with Gasteiger partial charge in [0.1, 0.15) is 5.82 Å². The number of carbonyl (C=O) groups is 1. The van der Waals surface area contributed by atoms with Crippen LogP contribution in [0.5, 0.6) is 0 Å². The molecule has 0 bridgehead atoms. The molecule has 4 rings (SSSR count). The molecular weight excluding hydrogens is 455 g/mol. The van der Waals surface area contributed by atoms with Crippen LogP contribution in [0.25, 0.3) is 0 Å². The summed E-state index contributed by atoms with van der Waals surface area (Å²) in [5, 5.41) is 8.99. The predicted octanol–water partition coefficient (Wildman–Crippen LogP) is 3.85. The van der Waals surface area contributed by atoms with Gasteiger partial charge in [0.25, 0.3) is 15.9 Å². The molecule has 1 N–H and O–H groups in total. The van der Waals surface area contributed by atoms with E-state index in [9.17, 15) is 17.6 Å². The van der Waals surface area contributed by atoms with E-state index < -0.39 is 15.8 Å². The Morgan fingerprint density at radius 2 is 1.62 bits per heavy atom. The highest BCUT2D eigenvalue weighted by molar-refractivity contribution is 7.92. The molecule has 0 aromatic heterocycles. The zero-order chi connectivity index (χ0) is 24.1. The average Bonchev–Trinajstić information content (AvgIpc) is 3.10. The normalized spacial score (nSPS) is 14.2. The van der Waals surface area contributed by atoms with Gasteiger partial charge in [0, 0.05) is 31.9 Å². The summed E-state index contributed by atoms with van der Waals surface area (Å²) in [7, 11) is -3.99. The van der Waals surface area contributed by atoms with Crippen molar-refractivity contribution in [1.29, 1.82) is 5.26 Å². The molecule has 0 saturated carbocycles. The first-order valence-corrected chi connectivity index (χ1v) is 12.3. The predicted molar refractivity (Wildman–Crippen MR) is 128 cm³/mol. The number of hydrogen-bond donors (Lipinski definition) is 1. The lowest BCUT2D eigenvalue weighted by molar-refractivity contribution is 0.0768. The quantitative estimate of drug-likeness (QED) is 0.601. The number of nitrogens with one attached hydrogen (secondary N) is 1. The number of anilines is 2. The molecule has 0 atom stereocenters. The number of carbonyl (C=O) groups excluding carboxylic acids is 1. The highest BCUT2D eigenvalue weighted by atomic mass is 32.2. The van der Waals surface area contributed by atoms with E-state index in [0.29, 0.717) is 25.2 Å². The van der Waals surface area contributed by atoms with E-state index in [-0.39, 0.29) is 22.1 Å². The van der Waals surface area contributed by atoms with E-state index >= 15 is 0 Å². The van der Waals surface area contributed by atoms with Gasteiger partial charge in [-0.1, -0.05) is 12.1 Å². The zero-order valence-corrected chi connectivity index (χ0v) is 19.1. The third-order valence-corrected chi connectivity index (χ3v) is 7.05. The molecule has 9 heteroatoms. The van der Waals surface area contributed by atoms with Crippen LogP contribution in [0.3, 0.4) is 0 Å². The van der Waals surface area contributed by atoms with Gasteiger partial charge in [0.05, 0.1) is 27.8 Å². The maximum atomic E-state index is 13.4. The molecule has 0 unspecified atom stereocenters. The van der Waals surface area contributed by atoms with E-state index in [1.165, 1.54) is 18.2 Å². The van der Waals surface area contributed by atoms with E-state index in [4.69, 9.17) is 5.26 Å². The maximum Gasteiger partial charge on any atom is 0.261 e. The van der Waals surface area contributed by atoms with Crippen LogP contribution in [0.1, 0.15) is 22.3 Å². The van der Waals surface area contributed by atoms with Crippen molar-refractivity contribution in [3.8, 4) is 6.07 Å². The summed E-state index contributed by atoms with van der Waals surface area (Å²) in [4.78, 5) is 17.1. The lowest BCUT2D eigenvalue weighted by Gasteiger charge is -2.24. The summed E-state index contributed by atoms with van der Waals surface area (Å²) >= 11 is 0. The fourth-order valence-corrected chi connectivity index (χ4v) is 4.95. The van der Waals surface area contributed by atoms with Crippen molar-refractivity contribution in [1.82, 2.24) is 4.90 Å². The number of rotatable bonds is 5. The fourth-order valence-electron chi connectivity index (χ4n) is 3.87. The van der Waals surface area contributed by atoms with Crippen LogP contribution in [0.15, 0.2) is 77.7 Å². The Balaban J connectivity index is 1.50. The summed E-state index contributed by atoms with van der Waals surface area (Å²) in [5.74, 6) is -0.801. The molecule has 174 valence electrons. The van der Waals surface area contributed by atoms with Crippen LogP contribution in [-0.2, 0) is 10.0 Å². The summed E-state index contributed by atoms with van der Waals surface area (Å²) in [6, 6.07) is 20.4. The van der Waals surface area contributed by atoms with Crippen LogP contribution in [0.4, 0.5) is 15.8 Å². The van der Waals surface area contributed by atoms with Gasteiger partial charge in [-0.15, -0.1) is 0 Å². The largest absolute Gasteiger partial charge is 0.370 e. The van der Waals surface area contributed by atoms with E-state index in [2.05, 4.69) is 15.7 Å². The Labute approximate surface area is 198 Å². The van der Waals surface area contributed by atoms with Crippen LogP contribution in [0, 0.1) is 17.1 Å². The second-order valence-corrected chi connectivity index (χ2v) is 9.58. The molecular formula is C25H23FN4O3S. The van der Waals surface area contributed by atoms with E-state index in [1.54, 1.807) is 35.2 Å². The number of para-hydroxylation sites is 1. The van der Waals surface area contributed by atoms with Crippen LogP contribution < -0.4 is 9.62 Å². The standard InChI is InChI=1S/C25H23FN4O3S/c26-20-8-12-22(13-9-20)34(32,33)28-24-5-2-1-4-23(24)25(31)30-15-3-14-29(16-17-30)21-10-6-19(18-27)7-11-21/h1-2,4-13,28H,3,14-17H2. The highest BCUT2D eigenvalue weighted by Gasteiger charge is 2.24. The molecule has 0 radical (unpaired) electrons. The number of benzene rings is 3. The molecule has 3 aromatic rings. The maximum absolute atomic E-state index is 13.4. The number of sulfonamides is 1. The molecule has 1 heterocycles. The summed E-state index contributed by atoms with van der Waals surface area (Å²) < 4.78 is 41.2. The SMILES string of the molecule is N#Cc1ccc(N2CCCN(C(=O)c3ccccc3NS(=O)(=O)c3ccc(F)cc3)CC2)cc1. The fraction of sp³-hybridized carbons (Fsp3) is 0.200. The lowest BCUT2D eigenvalue weighted by atomic mass is 10.1. The van der Waals surface area contributed by atoms with Crippen LogP contribution in [0.2, 0.25) is 0 Å². The zero-order valence-electron chi connectivity index (χ0n) is 18.3. The molecule has 0 spiro atoms. The number of hydrogen-bond acceptors (Lipinski definition) is 5. The minimum absolute atomic E-state index is 0.0935. The first-order valence-electron chi connectivity index (χ1n) is 10.8. The third kappa shape index (κ3) is 5.18. The topological polar surface area (TPSA) is 93.5 Å². The van der Waals surface area contributed by atoms with Gasteiger partial charge in [-0.3, -0.25) is 9.52 Å². The van der Waals surface area contributed by atoms with E-state index in [0.717, 1.165) is 30.8 Å². The monoisotopic (exact) mass is 478 g/mol. The Morgan fingerprint density at radius 1 is 0.912 bits per heavy atom. The Bertz CT molecular complexity index is 1320. The Morgan fingerprint density at radius 3 is 2.32 bits per heavy atom. The third-order valence-electron chi connectivity index (χ3n) is 5.67. The van der Waals surface area contributed by atoms with Crippen molar-refractivity contribution in [2.24, 2.45) is 0 Å². The molecule has 1 amide bonds. The van der Waals surface area contributed by atoms with Gasteiger partial charge >= 0.3 is 0 Å². The molecule has 34 heavy (non-hydrogen) atoms. The molecule has 1 aliphatic rings. The van der Waals surface area contributed by atoms with Gasteiger partial charge < -0.3 is 9.80 Å². The van der Waals surface area contributed by atoms with Crippen molar-refractivity contribution in [2.75, 3.05) is 35.8 Å². The molecule has 1 aliphatic heterocycles. The second kappa shape index (κ2) is 9.93. The van der Waals surface area contributed by atoms with E-state index in [1.807, 2.05) is 12.1 Å². The van der Waals surface area contributed by atoms with Crippen molar-refractivity contribution in [2.45, 2.75) is 11.3 Å². The van der Waals surface area contributed by atoms with Crippen LogP contribution >= 0.6 is 0 Å². The molecule has 7 nitrogen and oxygen atoms in total. The number of nitrogens with zero attached hydrogens (tertiary/aromatic N) is 3. The number of halogens is 1. The summed E-state index contributed by atoms with van der Waals surface area (Å²) in [6.45, 7) is 2.37. The van der Waals surface area contributed by atoms with Crippen molar-refractivity contribution in [3.63, 3.8) is 0 Å². The van der Waals surface area contributed by atoms with Crippen molar-refractivity contribution < 1.29 is 17.6 Å². The minimum atomic E-state index is -3.99. The number of nitriles is 1. The Hall–Kier alpha value is -3.90. The van der Waals surface area contributed by atoms with Gasteiger partial charge in [0.15, 0.2) is 0 Å². The van der Waals surface area contributed by atoms with Crippen molar-refractivity contribution in [3.05, 3.63) is 89.7 Å². The molecule has 1 fully saturated rings. The first-order chi connectivity index (χ1) is 16.4. The molecule has 3 aromatic carbocycles. The minimum Gasteiger partial charge on any atom is -0.370 e. The van der Waals surface area contributed by atoms with Gasteiger partial charge in [-0.25, -0.2) is 12.8 Å². The first kappa shape index (κ1) is 23.3. The van der Waals surface area contributed by atoms with Gasteiger partial charge in [-0.2, -0.15) is 5.26 Å². The van der Waals surface area contributed by atoms with Crippen molar-refractivity contribution >= 4 is 27.3 Å². The summed E-state index contributed by atoms with van der Waals surface area (Å²) in [5.41, 5.74) is 2.00. The summed E-state index contributed by atoms with van der Waals surface area (Å²) in [6.07, 6.45) is 0.745. The Kier molecular flexibility index (Phi) is 6.80. The van der Waals surface area contributed by atoms with Gasteiger partial charge in [0.2, 0.25) is 0 Å². The smallest absolute Gasteiger partial charge is 0.261 e. The average molecular weight is 479 g/mol. The lowest BCUT2D eigenvalue weighted by Crippen LogP contribution is -2.35. The molecule has 0 aliphatic carbocycles. The second-order valence-electron chi connectivity index (χ2n) is 7.90. The molecule has 1 saturated heterocycles. The number of amides is 1. The van der Waals surface area contributed by atoms with Crippen LogP contribution in [-0.4, -0.2) is 45.4 Å².